The van der Waals surface area contributed by atoms with Crippen LogP contribution in [0.25, 0.3) is 0 Å². The zero-order valence-corrected chi connectivity index (χ0v) is 11.4. The molecule has 1 amide bonds. The number of hydrogen-bond donors (Lipinski definition) is 2. The van der Waals surface area contributed by atoms with Gasteiger partial charge in [-0.1, -0.05) is 36.8 Å². The van der Waals surface area contributed by atoms with E-state index in [9.17, 15) is 9.18 Å². The number of benzene rings is 1. The minimum absolute atomic E-state index is 0.0307. The number of nitrogens with one attached hydrogen (secondary N) is 1. The third-order valence-corrected chi connectivity index (χ3v) is 3.09. The molecule has 0 spiro atoms. The molecule has 0 fully saturated rings. The van der Waals surface area contributed by atoms with E-state index in [1.807, 2.05) is 6.92 Å². The van der Waals surface area contributed by atoms with Crippen molar-refractivity contribution in [2.45, 2.75) is 19.9 Å². The van der Waals surface area contributed by atoms with Crippen molar-refractivity contribution in [3.05, 3.63) is 34.6 Å². The molecule has 18 heavy (non-hydrogen) atoms. The first-order chi connectivity index (χ1) is 8.45. The van der Waals surface area contributed by atoms with Crippen LogP contribution < -0.4 is 11.1 Å². The van der Waals surface area contributed by atoms with Crippen LogP contribution in [0.1, 0.15) is 18.9 Å². The molecule has 1 unspecified atom stereocenters. The molecule has 0 aliphatic heterocycles. The minimum Gasteiger partial charge on any atom is -0.393 e. The van der Waals surface area contributed by atoms with E-state index in [0.717, 1.165) is 0 Å². The van der Waals surface area contributed by atoms with Gasteiger partial charge in [0.2, 0.25) is 5.91 Å². The predicted octanol–water partition coefficient (Wildman–Crippen LogP) is 2.41. The SMILES string of the molecule is CCC(C(=O)NCc1ccc(F)c(Cl)c1)C(N)=S. The Morgan fingerprint density at radius 2 is 2.28 bits per heavy atom. The number of hydrogen-bond acceptors (Lipinski definition) is 2. The summed E-state index contributed by atoms with van der Waals surface area (Å²) in [7, 11) is 0. The number of carbonyl (C=O) groups is 1. The van der Waals surface area contributed by atoms with E-state index in [2.05, 4.69) is 5.32 Å². The van der Waals surface area contributed by atoms with Crippen LogP contribution >= 0.6 is 23.8 Å². The first-order valence-corrected chi connectivity index (χ1v) is 6.25. The summed E-state index contributed by atoms with van der Waals surface area (Å²) < 4.78 is 12.9. The lowest BCUT2D eigenvalue weighted by Gasteiger charge is -2.13. The Kier molecular flexibility index (Phi) is 5.50. The summed E-state index contributed by atoms with van der Waals surface area (Å²) in [4.78, 5) is 11.9. The van der Waals surface area contributed by atoms with Gasteiger partial charge in [0, 0.05) is 6.54 Å². The first kappa shape index (κ1) is 14.9. The van der Waals surface area contributed by atoms with Crippen molar-refractivity contribution in [1.82, 2.24) is 5.32 Å². The second-order valence-electron chi connectivity index (χ2n) is 3.83. The third-order valence-electron chi connectivity index (χ3n) is 2.52. The smallest absolute Gasteiger partial charge is 0.230 e. The van der Waals surface area contributed by atoms with E-state index in [1.54, 1.807) is 6.07 Å². The molecule has 0 aromatic heterocycles. The average molecular weight is 289 g/mol. The second kappa shape index (κ2) is 6.66. The van der Waals surface area contributed by atoms with Crippen LogP contribution in [-0.2, 0) is 11.3 Å². The van der Waals surface area contributed by atoms with Gasteiger partial charge in [-0.2, -0.15) is 0 Å². The molecule has 0 bridgehead atoms. The fourth-order valence-corrected chi connectivity index (χ4v) is 1.95. The van der Waals surface area contributed by atoms with Gasteiger partial charge in [0.1, 0.15) is 5.82 Å². The van der Waals surface area contributed by atoms with Crippen LogP contribution in [0.4, 0.5) is 4.39 Å². The van der Waals surface area contributed by atoms with Crippen molar-refractivity contribution in [3.63, 3.8) is 0 Å². The summed E-state index contributed by atoms with van der Waals surface area (Å²) >= 11 is 10.4. The Morgan fingerprint density at radius 3 is 2.78 bits per heavy atom. The summed E-state index contributed by atoms with van der Waals surface area (Å²) in [5.41, 5.74) is 6.18. The second-order valence-corrected chi connectivity index (χ2v) is 4.71. The quantitative estimate of drug-likeness (QED) is 0.818. The van der Waals surface area contributed by atoms with Crippen LogP contribution in [0.5, 0.6) is 0 Å². The Labute approximate surface area is 115 Å². The molecule has 0 radical (unpaired) electrons. The number of nitrogens with two attached hydrogens (primary N) is 1. The molecule has 3 N–H and O–H groups in total. The van der Waals surface area contributed by atoms with E-state index in [4.69, 9.17) is 29.6 Å². The zero-order chi connectivity index (χ0) is 13.7. The summed E-state index contributed by atoms with van der Waals surface area (Å²) in [6, 6.07) is 4.29. The topological polar surface area (TPSA) is 55.1 Å². The van der Waals surface area contributed by atoms with Gasteiger partial charge in [-0.05, 0) is 24.1 Å². The van der Waals surface area contributed by atoms with Gasteiger partial charge in [-0.3, -0.25) is 4.79 Å². The number of rotatable bonds is 5. The fourth-order valence-electron chi connectivity index (χ4n) is 1.48. The van der Waals surface area contributed by atoms with Gasteiger partial charge in [0.25, 0.3) is 0 Å². The highest BCUT2D eigenvalue weighted by atomic mass is 35.5. The van der Waals surface area contributed by atoms with Crippen LogP contribution in [-0.4, -0.2) is 10.9 Å². The van der Waals surface area contributed by atoms with E-state index < -0.39 is 11.7 Å². The van der Waals surface area contributed by atoms with Crippen molar-refractivity contribution in [2.75, 3.05) is 0 Å². The van der Waals surface area contributed by atoms with Crippen molar-refractivity contribution < 1.29 is 9.18 Å². The van der Waals surface area contributed by atoms with Crippen molar-refractivity contribution in [2.24, 2.45) is 11.7 Å². The summed E-state index contributed by atoms with van der Waals surface area (Å²) in [5.74, 6) is -1.19. The van der Waals surface area contributed by atoms with Crippen LogP contribution in [0.2, 0.25) is 5.02 Å². The Balaban J connectivity index is 2.62. The highest BCUT2D eigenvalue weighted by Gasteiger charge is 2.18. The van der Waals surface area contributed by atoms with Gasteiger partial charge in [0.15, 0.2) is 0 Å². The molecule has 0 heterocycles. The van der Waals surface area contributed by atoms with Gasteiger partial charge in [-0.15, -0.1) is 0 Å². The minimum atomic E-state index is -0.485. The molecular weight excluding hydrogens is 275 g/mol. The maximum absolute atomic E-state index is 12.9. The number of thiocarbonyl (C=S) groups is 1. The molecule has 1 aromatic rings. The van der Waals surface area contributed by atoms with Gasteiger partial charge in [0.05, 0.1) is 15.9 Å². The van der Waals surface area contributed by atoms with E-state index in [-0.39, 0.29) is 22.5 Å². The lowest BCUT2D eigenvalue weighted by atomic mass is 10.1. The molecule has 3 nitrogen and oxygen atoms in total. The molecule has 6 heteroatoms. The summed E-state index contributed by atoms with van der Waals surface area (Å²) in [5, 5.41) is 2.72. The van der Waals surface area contributed by atoms with Crippen molar-refractivity contribution in [1.29, 1.82) is 0 Å². The van der Waals surface area contributed by atoms with E-state index in [0.29, 0.717) is 12.0 Å². The van der Waals surface area contributed by atoms with Crippen molar-refractivity contribution >= 4 is 34.7 Å². The Hall–Kier alpha value is -1.20. The molecular formula is C12H14ClFN2OS. The zero-order valence-electron chi connectivity index (χ0n) is 9.87. The fraction of sp³-hybridized carbons (Fsp3) is 0.333. The van der Waals surface area contributed by atoms with Gasteiger partial charge >= 0.3 is 0 Å². The molecule has 1 rings (SSSR count). The molecule has 0 saturated carbocycles. The highest BCUT2D eigenvalue weighted by molar-refractivity contribution is 7.80. The molecule has 0 aliphatic carbocycles. The number of carbonyl (C=O) groups excluding carboxylic acids is 1. The average Bonchev–Trinajstić information content (AvgIpc) is 2.31. The molecule has 1 aromatic carbocycles. The molecule has 1 atom stereocenters. The largest absolute Gasteiger partial charge is 0.393 e. The predicted molar refractivity (Wildman–Crippen MR) is 73.8 cm³/mol. The summed E-state index contributed by atoms with van der Waals surface area (Å²) in [6.45, 7) is 2.09. The molecule has 98 valence electrons. The lowest BCUT2D eigenvalue weighted by Crippen LogP contribution is -2.37. The van der Waals surface area contributed by atoms with Crippen LogP contribution in [0.15, 0.2) is 18.2 Å². The monoisotopic (exact) mass is 288 g/mol. The maximum Gasteiger partial charge on any atom is 0.230 e. The molecule has 0 aliphatic rings. The van der Waals surface area contributed by atoms with Gasteiger partial charge in [-0.25, -0.2) is 4.39 Å². The highest BCUT2D eigenvalue weighted by Crippen LogP contribution is 2.16. The first-order valence-electron chi connectivity index (χ1n) is 5.46. The van der Waals surface area contributed by atoms with E-state index in [1.165, 1.54) is 12.1 Å². The number of amides is 1. The number of halogens is 2. The van der Waals surface area contributed by atoms with Crippen molar-refractivity contribution in [3.8, 4) is 0 Å². The van der Waals surface area contributed by atoms with Crippen LogP contribution in [0, 0.1) is 11.7 Å². The maximum atomic E-state index is 12.9. The summed E-state index contributed by atoms with van der Waals surface area (Å²) in [6.07, 6.45) is 0.547. The Morgan fingerprint density at radius 1 is 1.61 bits per heavy atom. The van der Waals surface area contributed by atoms with E-state index >= 15 is 0 Å². The molecule has 0 saturated heterocycles. The van der Waals surface area contributed by atoms with Gasteiger partial charge < -0.3 is 11.1 Å². The normalized spacial score (nSPS) is 11.9. The standard InChI is InChI=1S/C12H14ClFN2OS/c1-2-8(11(15)18)12(17)16-6-7-3-4-10(14)9(13)5-7/h3-5,8H,2,6H2,1H3,(H2,15,18)(H,16,17). The third kappa shape index (κ3) is 3.92. The lowest BCUT2D eigenvalue weighted by molar-refractivity contribution is -0.123. The Bertz CT molecular complexity index is 467. The van der Waals surface area contributed by atoms with Crippen LogP contribution in [0.3, 0.4) is 0 Å².